The number of allylic oxidation sites excluding steroid dienone is 1. The minimum absolute atomic E-state index is 0.0434. The molecule has 0 spiro atoms. The average Bonchev–Trinajstić information content (AvgIpc) is 3.29. The number of benzene rings is 2. The van der Waals surface area contributed by atoms with Gasteiger partial charge in [-0.3, -0.25) is 14.1 Å². The fourth-order valence-corrected chi connectivity index (χ4v) is 6.22. The number of aliphatic imine (C=N–C) groups is 1. The smallest absolute Gasteiger partial charge is 0.358 e. The molecule has 2 aromatic carbocycles. The molecule has 1 amide bonds. The number of carbonyl (C=O) groups is 1. The van der Waals surface area contributed by atoms with Crippen LogP contribution < -0.4 is 10.6 Å². The van der Waals surface area contributed by atoms with Gasteiger partial charge in [0.25, 0.3) is 10.0 Å². The Labute approximate surface area is 239 Å². The van der Waals surface area contributed by atoms with Crippen LogP contribution in [0.4, 0.5) is 26.3 Å². The summed E-state index contributed by atoms with van der Waals surface area (Å²) >= 11 is 0. The van der Waals surface area contributed by atoms with Crippen molar-refractivity contribution in [2.75, 3.05) is 13.1 Å². The van der Waals surface area contributed by atoms with E-state index < -0.39 is 44.9 Å². The number of halogens is 6. The van der Waals surface area contributed by atoms with Gasteiger partial charge in [-0.1, -0.05) is 18.7 Å². The summed E-state index contributed by atoms with van der Waals surface area (Å²) in [7, 11) is -4.29. The number of hydrogen-bond donors (Lipinski definition) is 2. The maximum Gasteiger partial charge on any atom is 0.416 e. The van der Waals surface area contributed by atoms with Crippen molar-refractivity contribution < 1.29 is 39.6 Å². The molecule has 2 N–H and O–H groups in total. The Morgan fingerprint density at radius 3 is 2.31 bits per heavy atom. The highest BCUT2D eigenvalue weighted by molar-refractivity contribution is 7.89. The first-order valence-electron chi connectivity index (χ1n) is 13.1. The fraction of sp³-hybridized carbons (Fsp3) is 0.429. The van der Waals surface area contributed by atoms with Gasteiger partial charge in [0.2, 0.25) is 11.8 Å². The van der Waals surface area contributed by atoms with Crippen LogP contribution in [0.2, 0.25) is 0 Å². The van der Waals surface area contributed by atoms with Crippen LogP contribution >= 0.6 is 0 Å². The van der Waals surface area contributed by atoms with Crippen molar-refractivity contribution in [2.24, 2.45) is 10.9 Å². The lowest BCUT2D eigenvalue weighted by molar-refractivity contribution is -0.137. The van der Waals surface area contributed by atoms with Crippen molar-refractivity contribution in [1.82, 2.24) is 14.9 Å². The molecule has 0 saturated heterocycles. The molecule has 1 saturated carbocycles. The van der Waals surface area contributed by atoms with E-state index in [2.05, 4.69) is 22.2 Å². The molecule has 7 nitrogen and oxygen atoms in total. The van der Waals surface area contributed by atoms with Crippen LogP contribution in [0.5, 0.6) is 0 Å². The Hall–Kier alpha value is -3.55. The zero-order chi connectivity index (χ0) is 30.9. The van der Waals surface area contributed by atoms with Gasteiger partial charge in [0, 0.05) is 31.5 Å². The summed E-state index contributed by atoms with van der Waals surface area (Å²) < 4.78 is 107. The molecule has 1 aliphatic heterocycles. The number of alkyl halides is 5. The second-order valence-corrected chi connectivity index (χ2v) is 12.6. The third kappa shape index (κ3) is 7.26. The maximum atomic E-state index is 13.5. The van der Waals surface area contributed by atoms with E-state index in [-0.39, 0.29) is 67.4 Å². The molecule has 42 heavy (non-hydrogen) atoms. The Morgan fingerprint density at radius 2 is 1.74 bits per heavy atom. The first kappa shape index (κ1) is 31.4. The standard InChI is InChI=1S/C28H30F6N4O3S/c1-18(3-12-24-36-17-26(2,37-24)25(39)35-15-20-13-27(30,31)14-20)38(42(40,41)23-10-8-22(29)9-11-23)16-19-4-6-21(7-5-19)28(32,33)34/h4-11,20H,1,3,12-17H2,2H3,(H,35,39)(H,36,37)/t26-/m1/s1. The number of amides is 1. The van der Waals surface area contributed by atoms with Crippen molar-refractivity contribution >= 4 is 21.8 Å². The van der Waals surface area contributed by atoms with Crippen LogP contribution in [0, 0.1) is 11.7 Å². The highest BCUT2D eigenvalue weighted by Crippen LogP contribution is 2.42. The molecule has 14 heteroatoms. The van der Waals surface area contributed by atoms with Crippen molar-refractivity contribution in [2.45, 2.75) is 61.7 Å². The lowest BCUT2D eigenvalue weighted by atomic mass is 9.81. The van der Waals surface area contributed by atoms with Crippen LogP contribution in [0.3, 0.4) is 0 Å². The van der Waals surface area contributed by atoms with Crippen LogP contribution in [0.15, 0.2) is 70.7 Å². The highest BCUT2D eigenvalue weighted by atomic mass is 32.2. The van der Waals surface area contributed by atoms with Gasteiger partial charge >= 0.3 is 6.18 Å². The van der Waals surface area contributed by atoms with E-state index in [0.29, 0.717) is 5.84 Å². The number of hydrogen-bond acceptors (Lipinski definition) is 5. The van der Waals surface area contributed by atoms with Crippen molar-refractivity contribution in [1.29, 1.82) is 0 Å². The highest BCUT2D eigenvalue weighted by Gasteiger charge is 2.46. The summed E-state index contributed by atoms with van der Waals surface area (Å²) in [5.74, 6) is -3.63. The van der Waals surface area contributed by atoms with E-state index in [1.165, 1.54) is 12.1 Å². The van der Waals surface area contributed by atoms with E-state index in [4.69, 9.17) is 0 Å². The van der Waals surface area contributed by atoms with Crippen molar-refractivity contribution in [3.8, 4) is 0 Å². The van der Waals surface area contributed by atoms with E-state index in [1.54, 1.807) is 6.92 Å². The number of amidine groups is 1. The van der Waals surface area contributed by atoms with Gasteiger partial charge in [0.15, 0.2) is 0 Å². The molecule has 4 rings (SSSR count). The van der Waals surface area contributed by atoms with E-state index in [9.17, 15) is 39.6 Å². The minimum Gasteiger partial charge on any atom is -0.358 e. The second-order valence-electron chi connectivity index (χ2n) is 10.8. The Kier molecular flexibility index (Phi) is 8.68. The number of nitrogens with zero attached hydrogens (tertiary/aromatic N) is 2. The predicted octanol–water partition coefficient (Wildman–Crippen LogP) is 5.25. The monoisotopic (exact) mass is 616 g/mol. The van der Waals surface area contributed by atoms with Crippen molar-refractivity contribution in [3.63, 3.8) is 0 Å². The van der Waals surface area contributed by atoms with Gasteiger partial charge in [-0.05, 0) is 61.2 Å². The average molecular weight is 617 g/mol. The SMILES string of the molecule is C=C(CCC1=NC[C@](C)(C(=O)NCC2CC(F)(F)C2)N1)N(Cc1ccc(C(F)(F)F)cc1)S(=O)(=O)c1ccc(F)cc1. The molecule has 2 aliphatic rings. The van der Waals surface area contributed by atoms with E-state index >= 15 is 0 Å². The Morgan fingerprint density at radius 1 is 1.12 bits per heavy atom. The number of nitrogens with one attached hydrogen (secondary N) is 2. The molecule has 0 unspecified atom stereocenters. The minimum atomic E-state index is -4.56. The molecule has 1 fully saturated rings. The Balaban J connectivity index is 1.42. The van der Waals surface area contributed by atoms with Gasteiger partial charge in [-0.15, -0.1) is 0 Å². The molecule has 228 valence electrons. The van der Waals surface area contributed by atoms with Crippen molar-refractivity contribution in [3.05, 3.63) is 77.8 Å². The first-order chi connectivity index (χ1) is 19.5. The Bertz CT molecular complexity index is 1450. The lowest BCUT2D eigenvalue weighted by Gasteiger charge is -2.35. The molecule has 1 aliphatic carbocycles. The predicted molar refractivity (Wildman–Crippen MR) is 143 cm³/mol. The van der Waals surface area contributed by atoms with Gasteiger partial charge < -0.3 is 10.6 Å². The summed E-state index contributed by atoms with van der Waals surface area (Å²) in [6, 6.07) is 8.14. The summed E-state index contributed by atoms with van der Waals surface area (Å²) in [4.78, 5) is 16.8. The van der Waals surface area contributed by atoms with Crippen LogP contribution in [-0.2, 0) is 27.5 Å². The molecule has 0 aromatic heterocycles. The second kappa shape index (κ2) is 11.6. The lowest BCUT2D eigenvalue weighted by Crippen LogP contribution is -2.56. The molecule has 0 bridgehead atoms. The number of carbonyl (C=O) groups excluding carboxylic acids is 1. The van der Waals surface area contributed by atoms with Gasteiger partial charge in [-0.2, -0.15) is 13.2 Å². The van der Waals surface area contributed by atoms with Crippen LogP contribution in [0.25, 0.3) is 0 Å². The number of sulfonamides is 1. The van der Waals surface area contributed by atoms with Crippen LogP contribution in [-0.4, -0.2) is 49.0 Å². The quantitative estimate of drug-likeness (QED) is 0.338. The summed E-state index contributed by atoms with van der Waals surface area (Å²) in [5, 5.41) is 5.70. The molecule has 2 aromatic rings. The number of rotatable bonds is 11. The normalized spacial score (nSPS) is 20.3. The summed E-state index contributed by atoms with van der Waals surface area (Å²) in [5.41, 5.74) is -1.66. The zero-order valence-electron chi connectivity index (χ0n) is 22.6. The molecule has 1 atom stereocenters. The van der Waals surface area contributed by atoms with E-state index in [1.807, 2.05) is 0 Å². The largest absolute Gasteiger partial charge is 0.416 e. The molecule has 0 radical (unpaired) electrons. The molecule has 1 heterocycles. The van der Waals surface area contributed by atoms with E-state index in [0.717, 1.165) is 40.7 Å². The molecular weight excluding hydrogens is 586 g/mol. The first-order valence-corrected chi connectivity index (χ1v) is 14.5. The maximum absolute atomic E-state index is 13.5. The summed E-state index contributed by atoms with van der Waals surface area (Å²) in [6.45, 7) is 5.37. The van der Waals surface area contributed by atoms with Gasteiger partial charge in [-0.25, -0.2) is 21.6 Å². The topological polar surface area (TPSA) is 90.9 Å². The third-order valence-electron chi connectivity index (χ3n) is 7.25. The zero-order valence-corrected chi connectivity index (χ0v) is 23.5. The summed E-state index contributed by atoms with van der Waals surface area (Å²) in [6.07, 6.45) is -4.91. The fourth-order valence-electron chi connectivity index (χ4n) is 4.74. The molecular formula is C28H30F6N4O3S. The third-order valence-corrected chi connectivity index (χ3v) is 9.08. The van der Waals surface area contributed by atoms with Crippen LogP contribution in [0.1, 0.15) is 43.7 Å². The van der Waals surface area contributed by atoms with Gasteiger partial charge in [0.05, 0.1) is 29.4 Å². The van der Waals surface area contributed by atoms with Gasteiger partial charge in [0.1, 0.15) is 11.4 Å².